The molecule has 0 aliphatic carbocycles. The summed E-state index contributed by atoms with van der Waals surface area (Å²) in [5, 5.41) is 7.11. The molecule has 0 amide bonds. The summed E-state index contributed by atoms with van der Waals surface area (Å²) in [5.74, 6) is 0. The van der Waals surface area contributed by atoms with Gasteiger partial charge in [0.15, 0.2) is 5.58 Å². The Morgan fingerprint density at radius 1 is 0.413 bits per heavy atom. The lowest BCUT2D eigenvalue weighted by atomic mass is 10.0. The van der Waals surface area contributed by atoms with Gasteiger partial charge in [0.05, 0.1) is 11.9 Å². The molecule has 0 spiro atoms. The van der Waals surface area contributed by atoms with Crippen molar-refractivity contribution in [1.29, 1.82) is 0 Å². The molecule has 3 nitrogen and oxygen atoms in total. The van der Waals surface area contributed by atoms with Crippen LogP contribution in [0, 0.1) is 0 Å². The Bertz CT molecular complexity index is 2510. The van der Waals surface area contributed by atoms with E-state index in [0.29, 0.717) is 0 Å². The summed E-state index contributed by atoms with van der Waals surface area (Å²) < 4.78 is 6.19. The van der Waals surface area contributed by atoms with Gasteiger partial charge in [0, 0.05) is 33.4 Å². The van der Waals surface area contributed by atoms with Gasteiger partial charge in [0.1, 0.15) is 5.58 Å². The fraction of sp³-hybridized carbons (Fsp3) is 0. The van der Waals surface area contributed by atoms with Crippen molar-refractivity contribution in [3.63, 3.8) is 0 Å². The van der Waals surface area contributed by atoms with E-state index in [1.54, 1.807) is 0 Å². The number of nitrogens with zero attached hydrogens (tertiary/aromatic N) is 2. The molecule has 0 atom stereocenters. The van der Waals surface area contributed by atoms with E-state index < -0.39 is 0 Å². The van der Waals surface area contributed by atoms with Crippen molar-refractivity contribution in [3.05, 3.63) is 170 Å². The number of benzene rings is 7. The summed E-state index contributed by atoms with van der Waals surface area (Å²) in [5.41, 5.74) is 9.34. The largest absolute Gasteiger partial charge is 0.454 e. The van der Waals surface area contributed by atoms with E-state index in [1.807, 2.05) is 6.20 Å². The zero-order valence-electron chi connectivity index (χ0n) is 25.0. The number of aromatic nitrogens is 1. The van der Waals surface area contributed by atoms with Crippen molar-refractivity contribution in [2.75, 3.05) is 4.90 Å². The van der Waals surface area contributed by atoms with Crippen molar-refractivity contribution in [2.45, 2.75) is 0 Å². The third-order valence-corrected chi connectivity index (χ3v) is 8.89. The van der Waals surface area contributed by atoms with Gasteiger partial charge in [-0.3, -0.25) is 4.98 Å². The Kier molecular flexibility index (Phi) is 6.14. The average Bonchev–Trinajstić information content (AvgIpc) is 3.51. The summed E-state index contributed by atoms with van der Waals surface area (Å²) in [6.45, 7) is 0. The molecule has 0 N–H and O–H groups in total. The molecule has 0 saturated heterocycles. The van der Waals surface area contributed by atoms with E-state index in [-0.39, 0.29) is 0 Å². The molecule has 0 radical (unpaired) electrons. The Balaban J connectivity index is 1.08. The molecule has 46 heavy (non-hydrogen) atoms. The predicted octanol–water partition coefficient (Wildman–Crippen LogP) is 12.1. The number of hydrogen-bond donors (Lipinski definition) is 0. The molecule has 0 fully saturated rings. The molecule has 9 aromatic rings. The second-order valence-electron chi connectivity index (χ2n) is 11.7. The number of anilines is 3. The first-order valence-corrected chi connectivity index (χ1v) is 15.5. The summed E-state index contributed by atoms with van der Waals surface area (Å²) in [7, 11) is 0. The highest BCUT2D eigenvalue weighted by Crippen LogP contribution is 2.39. The zero-order valence-corrected chi connectivity index (χ0v) is 25.0. The Morgan fingerprint density at radius 2 is 1.02 bits per heavy atom. The molecule has 0 saturated carbocycles. The van der Waals surface area contributed by atoms with Crippen LogP contribution in [0.15, 0.2) is 174 Å². The highest BCUT2D eigenvalue weighted by molar-refractivity contribution is 6.19. The molecule has 0 bridgehead atoms. The predicted molar refractivity (Wildman–Crippen MR) is 192 cm³/mol. The topological polar surface area (TPSA) is 29.3 Å². The molecular weight excluding hydrogens is 560 g/mol. The van der Waals surface area contributed by atoms with Gasteiger partial charge in [-0.05, 0) is 87.3 Å². The zero-order chi connectivity index (χ0) is 30.5. The number of pyridine rings is 1. The van der Waals surface area contributed by atoms with Crippen LogP contribution in [0.4, 0.5) is 17.1 Å². The van der Waals surface area contributed by atoms with Crippen molar-refractivity contribution in [1.82, 2.24) is 4.98 Å². The Morgan fingerprint density at radius 3 is 1.80 bits per heavy atom. The van der Waals surface area contributed by atoms with E-state index in [4.69, 9.17) is 9.40 Å². The lowest BCUT2D eigenvalue weighted by molar-refractivity contribution is 0.667. The monoisotopic (exact) mass is 588 g/mol. The number of para-hydroxylation sites is 1. The molecule has 0 unspecified atom stereocenters. The molecule has 3 heteroatoms. The van der Waals surface area contributed by atoms with Crippen LogP contribution in [0.5, 0.6) is 0 Å². The first kappa shape index (κ1) is 26.2. The van der Waals surface area contributed by atoms with Gasteiger partial charge in [0.2, 0.25) is 0 Å². The lowest BCUT2D eigenvalue weighted by Gasteiger charge is -2.26. The molecule has 9 rings (SSSR count). The second kappa shape index (κ2) is 10.8. The lowest BCUT2D eigenvalue weighted by Crippen LogP contribution is -2.09. The van der Waals surface area contributed by atoms with Gasteiger partial charge in [0.25, 0.3) is 0 Å². The molecular formula is C43H28N2O. The Labute approximate surface area is 266 Å². The molecule has 216 valence electrons. The van der Waals surface area contributed by atoms with Crippen LogP contribution in [0.1, 0.15) is 0 Å². The molecule has 0 aliphatic rings. The third kappa shape index (κ3) is 4.49. The minimum absolute atomic E-state index is 0.800. The van der Waals surface area contributed by atoms with Gasteiger partial charge in [-0.1, -0.05) is 109 Å². The van der Waals surface area contributed by atoms with Crippen LogP contribution in [0.3, 0.4) is 0 Å². The van der Waals surface area contributed by atoms with Crippen molar-refractivity contribution in [2.24, 2.45) is 0 Å². The minimum Gasteiger partial charge on any atom is -0.454 e. The highest BCUT2D eigenvalue weighted by Gasteiger charge is 2.15. The van der Waals surface area contributed by atoms with Crippen LogP contribution in [-0.2, 0) is 0 Å². The van der Waals surface area contributed by atoms with Gasteiger partial charge in [-0.25, -0.2) is 0 Å². The van der Waals surface area contributed by atoms with Crippen LogP contribution in [0.2, 0.25) is 0 Å². The molecule has 7 aromatic carbocycles. The quantitative estimate of drug-likeness (QED) is 0.200. The Hall–Kier alpha value is -6.19. The van der Waals surface area contributed by atoms with E-state index in [2.05, 4.69) is 169 Å². The van der Waals surface area contributed by atoms with Crippen molar-refractivity contribution in [3.8, 4) is 22.4 Å². The summed E-state index contributed by atoms with van der Waals surface area (Å²) in [6.07, 6.45) is 1.85. The number of rotatable bonds is 5. The minimum atomic E-state index is 0.800. The standard InChI is InChI=1S/C43H28N2O/c1-2-11-35(12-3-1)45(36-21-16-30(17-22-36)34-15-14-29-8-4-5-10-33(29)26-34)37-23-18-32(19-24-37)40-27-39-42(28-44-40)46-41-25-20-31-9-6-7-13-38(31)43(39)41/h1-28H. The third-order valence-electron chi connectivity index (χ3n) is 8.89. The average molecular weight is 589 g/mol. The van der Waals surface area contributed by atoms with Crippen LogP contribution < -0.4 is 4.90 Å². The van der Waals surface area contributed by atoms with E-state index >= 15 is 0 Å². The maximum Gasteiger partial charge on any atom is 0.153 e. The SMILES string of the molecule is c1ccc(N(c2ccc(-c3ccc4ccccc4c3)cc2)c2ccc(-c3cc4c(cn3)oc3ccc5ccccc5c34)cc2)cc1. The molecule has 2 heterocycles. The summed E-state index contributed by atoms with van der Waals surface area (Å²) in [6, 6.07) is 57.9. The van der Waals surface area contributed by atoms with Crippen LogP contribution in [-0.4, -0.2) is 4.98 Å². The smallest absolute Gasteiger partial charge is 0.153 e. The van der Waals surface area contributed by atoms with Gasteiger partial charge >= 0.3 is 0 Å². The summed E-state index contributed by atoms with van der Waals surface area (Å²) >= 11 is 0. The van der Waals surface area contributed by atoms with Gasteiger partial charge in [-0.2, -0.15) is 0 Å². The van der Waals surface area contributed by atoms with Gasteiger partial charge < -0.3 is 9.32 Å². The fourth-order valence-corrected chi connectivity index (χ4v) is 6.59. The van der Waals surface area contributed by atoms with E-state index in [9.17, 15) is 0 Å². The maximum absolute atomic E-state index is 6.19. The first-order valence-electron chi connectivity index (χ1n) is 15.5. The molecule has 0 aliphatic heterocycles. The summed E-state index contributed by atoms with van der Waals surface area (Å²) in [4.78, 5) is 7.09. The second-order valence-corrected chi connectivity index (χ2v) is 11.7. The number of hydrogen-bond acceptors (Lipinski definition) is 3. The molecule has 2 aromatic heterocycles. The van der Waals surface area contributed by atoms with E-state index in [0.717, 1.165) is 50.3 Å². The van der Waals surface area contributed by atoms with Gasteiger partial charge in [-0.15, -0.1) is 0 Å². The fourth-order valence-electron chi connectivity index (χ4n) is 6.59. The number of fused-ring (bicyclic) bond motifs is 6. The van der Waals surface area contributed by atoms with Crippen LogP contribution in [0.25, 0.3) is 65.9 Å². The maximum atomic E-state index is 6.19. The van der Waals surface area contributed by atoms with E-state index in [1.165, 1.54) is 32.7 Å². The number of furan rings is 1. The van der Waals surface area contributed by atoms with Crippen LogP contribution >= 0.6 is 0 Å². The normalized spacial score (nSPS) is 11.5. The van der Waals surface area contributed by atoms with Crippen molar-refractivity contribution >= 4 is 60.5 Å². The first-order chi connectivity index (χ1) is 22.8. The van der Waals surface area contributed by atoms with Crippen molar-refractivity contribution < 1.29 is 4.42 Å². The highest BCUT2D eigenvalue weighted by atomic mass is 16.3.